The molecule has 0 bridgehead atoms. The lowest BCUT2D eigenvalue weighted by atomic mass is 9.98. The number of likely N-dealkylation sites (tertiary alicyclic amines) is 1. The largest absolute Gasteiger partial charge is 0.371 e. The molecule has 1 N–H and O–H groups in total. The second-order valence-corrected chi connectivity index (χ2v) is 8.78. The lowest BCUT2D eigenvalue weighted by Crippen LogP contribution is -2.44. The zero-order valence-electron chi connectivity index (χ0n) is 17.4. The van der Waals surface area contributed by atoms with Crippen LogP contribution in [-0.2, 0) is 0 Å². The molecule has 2 saturated heterocycles. The van der Waals surface area contributed by atoms with Gasteiger partial charge in [0.15, 0.2) is 0 Å². The van der Waals surface area contributed by atoms with Gasteiger partial charge in [0.25, 0.3) is 0 Å². The summed E-state index contributed by atoms with van der Waals surface area (Å²) in [7, 11) is 0. The normalized spacial score (nSPS) is 21.9. The summed E-state index contributed by atoms with van der Waals surface area (Å²) < 4.78 is 2.31. The summed E-state index contributed by atoms with van der Waals surface area (Å²) in [4.78, 5) is 10.1. The highest BCUT2D eigenvalue weighted by Gasteiger charge is 2.31. The Kier molecular flexibility index (Phi) is 4.49. The molecule has 2 fully saturated rings. The summed E-state index contributed by atoms with van der Waals surface area (Å²) in [6, 6.07) is 18.1. The summed E-state index contributed by atoms with van der Waals surface area (Å²) in [5, 5.41) is 3.79. The van der Waals surface area contributed by atoms with E-state index >= 15 is 0 Å². The van der Waals surface area contributed by atoms with E-state index in [-0.39, 0.29) is 6.04 Å². The monoisotopic (exact) mass is 399 g/mol. The van der Waals surface area contributed by atoms with Crippen molar-refractivity contribution in [2.45, 2.75) is 37.8 Å². The van der Waals surface area contributed by atoms with E-state index in [1.54, 1.807) is 0 Å². The number of aromatic nitrogens is 2. The molecular weight excluding hydrogens is 370 g/mol. The van der Waals surface area contributed by atoms with Crippen molar-refractivity contribution in [3.05, 3.63) is 72.2 Å². The molecule has 5 nitrogen and oxygen atoms in total. The van der Waals surface area contributed by atoms with E-state index in [0.717, 1.165) is 24.9 Å². The maximum absolute atomic E-state index is 4.88. The Morgan fingerprint density at radius 1 is 0.867 bits per heavy atom. The van der Waals surface area contributed by atoms with Crippen LogP contribution in [0.2, 0.25) is 0 Å². The van der Waals surface area contributed by atoms with Crippen molar-refractivity contribution in [1.29, 1.82) is 0 Å². The zero-order chi connectivity index (χ0) is 19.9. The van der Waals surface area contributed by atoms with Crippen LogP contribution in [0.3, 0.4) is 0 Å². The number of benzene rings is 1. The van der Waals surface area contributed by atoms with E-state index in [2.05, 4.69) is 74.4 Å². The molecule has 0 spiro atoms. The van der Waals surface area contributed by atoms with Crippen LogP contribution in [0.15, 0.2) is 60.9 Å². The minimum atomic E-state index is 0.106. The van der Waals surface area contributed by atoms with Crippen LogP contribution in [0, 0.1) is 0 Å². The third-order valence-electron chi connectivity index (χ3n) is 7.09. The van der Waals surface area contributed by atoms with E-state index in [0.29, 0.717) is 0 Å². The van der Waals surface area contributed by atoms with Gasteiger partial charge in [0.05, 0.1) is 17.4 Å². The Hall–Kier alpha value is -2.79. The second-order valence-electron chi connectivity index (χ2n) is 8.78. The van der Waals surface area contributed by atoms with E-state index in [4.69, 9.17) is 4.98 Å². The third kappa shape index (κ3) is 3.00. The molecule has 0 amide bonds. The summed E-state index contributed by atoms with van der Waals surface area (Å²) in [6.45, 7) is 4.77. The van der Waals surface area contributed by atoms with Crippen LogP contribution in [0.25, 0.3) is 5.69 Å². The number of para-hydroxylation sites is 2. The van der Waals surface area contributed by atoms with Gasteiger partial charge in [0.2, 0.25) is 0 Å². The van der Waals surface area contributed by atoms with Crippen LogP contribution in [0.5, 0.6) is 0 Å². The van der Waals surface area contributed by atoms with Gasteiger partial charge >= 0.3 is 0 Å². The van der Waals surface area contributed by atoms with E-state index < -0.39 is 0 Å². The third-order valence-corrected chi connectivity index (χ3v) is 7.09. The quantitative estimate of drug-likeness (QED) is 0.706. The number of fused-ring (bicyclic) bond motifs is 3. The smallest absolute Gasteiger partial charge is 0.134 e. The Bertz CT molecular complexity index is 1030. The first-order valence-corrected chi connectivity index (χ1v) is 11.4. The molecule has 0 aliphatic carbocycles. The molecule has 1 unspecified atom stereocenters. The SMILES string of the molecule is c1ccc2c(c1)NC(c1cccnc1N1CCC(N3CCCC3)CC1)c1cccn1-2. The first-order chi connectivity index (χ1) is 14.9. The van der Waals surface area contributed by atoms with Crippen molar-refractivity contribution < 1.29 is 0 Å². The highest BCUT2D eigenvalue weighted by molar-refractivity contribution is 5.68. The molecule has 2 aromatic heterocycles. The highest BCUT2D eigenvalue weighted by atomic mass is 15.2. The predicted molar refractivity (Wildman–Crippen MR) is 122 cm³/mol. The number of rotatable bonds is 3. The van der Waals surface area contributed by atoms with Crippen LogP contribution < -0.4 is 10.2 Å². The first-order valence-electron chi connectivity index (χ1n) is 11.4. The number of anilines is 2. The van der Waals surface area contributed by atoms with Crippen LogP contribution in [0.1, 0.15) is 43.0 Å². The van der Waals surface area contributed by atoms with E-state index in [9.17, 15) is 0 Å². The van der Waals surface area contributed by atoms with Crippen molar-refractivity contribution in [2.75, 3.05) is 36.4 Å². The standard InChI is InChI=1S/C25H29N5/c1-2-9-22-21(8-1)27-24(23-10-6-16-30(22)23)20-7-5-13-26-25(20)29-17-11-19(12-18-29)28-14-3-4-15-28/h1-2,5-10,13,16,19,24,27H,3-4,11-12,14-15,17-18H2. The summed E-state index contributed by atoms with van der Waals surface area (Å²) >= 11 is 0. The van der Waals surface area contributed by atoms with Crippen LogP contribution >= 0.6 is 0 Å². The minimum Gasteiger partial charge on any atom is -0.371 e. The average molecular weight is 400 g/mol. The predicted octanol–water partition coefficient (Wildman–Crippen LogP) is 4.45. The number of nitrogens with one attached hydrogen (secondary N) is 1. The summed E-state index contributed by atoms with van der Waals surface area (Å²) in [5.41, 5.74) is 4.93. The fourth-order valence-electron chi connectivity index (χ4n) is 5.57. The first kappa shape index (κ1) is 18.0. The Morgan fingerprint density at radius 3 is 2.57 bits per heavy atom. The van der Waals surface area contributed by atoms with Gasteiger partial charge in [-0.25, -0.2) is 4.98 Å². The van der Waals surface area contributed by atoms with Crippen LogP contribution in [-0.4, -0.2) is 46.7 Å². The molecule has 3 aliphatic rings. The lowest BCUT2D eigenvalue weighted by molar-refractivity contribution is 0.207. The second kappa shape index (κ2) is 7.47. The van der Waals surface area contributed by atoms with Gasteiger partial charge in [-0.3, -0.25) is 0 Å². The number of pyridine rings is 1. The van der Waals surface area contributed by atoms with Gasteiger partial charge in [0, 0.05) is 42.8 Å². The lowest BCUT2D eigenvalue weighted by Gasteiger charge is -2.39. The maximum Gasteiger partial charge on any atom is 0.134 e. The average Bonchev–Trinajstić information content (AvgIpc) is 3.51. The number of hydrogen-bond acceptors (Lipinski definition) is 4. The van der Waals surface area contributed by atoms with Gasteiger partial charge in [-0.15, -0.1) is 0 Å². The van der Waals surface area contributed by atoms with Gasteiger partial charge in [-0.1, -0.05) is 18.2 Å². The van der Waals surface area contributed by atoms with Crippen molar-refractivity contribution in [1.82, 2.24) is 14.5 Å². The van der Waals surface area contributed by atoms with Gasteiger partial charge in [0.1, 0.15) is 5.82 Å². The molecule has 154 valence electrons. The molecule has 6 rings (SSSR count). The zero-order valence-corrected chi connectivity index (χ0v) is 17.4. The summed E-state index contributed by atoms with van der Waals surface area (Å²) in [5.74, 6) is 1.14. The van der Waals surface area contributed by atoms with Gasteiger partial charge in [-0.05, 0) is 69.1 Å². The fourth-order valence-corrected chi connectivity index (χ4v) is 5.57. The molecule has 3 aliphatic heterocycles. The van der Waals surface area contributed by atoms with E-state index in [1.807, 2.05) is 6.20 Å². The molecule has 5 heterocycles. The van der Waals surface area contributed by atoms with Crippen molar-refractivity contribution in [3.8, 4) is 5.69 Å². The Morgan fingerprint density at radius 2 is 1.70 bits per heavy atom. The topological polar surface area (TPSA) is 36.3 Å². The highest BCUT2D eigenvalue weighted by Crippen LogP contribution is 2.40. The molecule has 5 heteroatoms. The number of nitrogens with zero attached hydrogens (tertiary/aromatic N) is 4. The molecule has 30 heavy (non-hydrogen) atoms. The Labute approximate surface area is 178 Å². The number of piperidine rings is 1. The van der Waals surface area contributed by atoms with E-state index in [1.165, 1.54) is 61.4 Å². The minimum absolute atomic E-state index is 0.106. The van der Waals surface area contributed by atoms with Gasteiger partial charge in [-0.2, -0.15) is 0 Å². The van der Waals surface area contributed by atoms with Gasteiger partial charge < -0.3 is 19.7 Å². The summed E-state index contributed by atoms with van der Waals surface area (Å²) in [6.07, 6.45) is 9.35. The molecular formula is C25H29N5. The van der Waals surface area contributed by atoms with Crippen molar-refractivity contribution >= 4 is 11.5 Å². The molecule has 3 aromatic rings. The van der Waals surface area contributed by atoms with Crippen molar-refractivity contribution in [2.24, 2.45) is 0 Å². The van der Waals surface area contributed by atoms with Crippen LogP contribution in [0.4, 0.5) is 11.5 Å². The molecule has 1 atom stereocenters. The molecule has 0 saturated carbocycles. The number of hydrogen-bond donors (Lipinski definition) is 1. The van der Waals surface area contributed by atoms with Crippen molar-refractivity contribution in [3.63, 3.8) is 0 Å². The fraction of sp³-hybridized carbons (Fsp3) is 0.400. The molecule has 1 aromatic carbocycles. The Balaban J connectivity index is 1.30. The molecule has 0 radical (unpaired) electrons. The maximum atomic E-state index is 4.88.